The third-order valence-electron chi connectivity index (χ3n) is 2.99. The molecule has 0 saturated heterocycles. The van der Waals surface area contributed by atoms with Crippen molar-refractivity contribution in [2.75, 3.05) is 0 Å². The lowest BCUT2D eigenvalue weighted by Gasteiger charge is -2.14. The van der Waals surface area contributed by atoms with Crippen LogP contribution in [-0.4, -0.2) is 23.0 Å². The first-order valence-corrected chi connectivity index (χ1v) is 6.45. The van der Waals surface area contributed by atoms with Gasteiger partial charge in [-0.3, -0.25) is 4.79 Å². The van der Waals surface area contributed by atoms with Gasteiger partial charge in [0.25, 0.3) is 5.91 Å². The molecule has 0 fully saturated rings. The van der Waals surface area contributed by atoms with Gasteiger partial charge in [-0.2, -0.15) is 0 Å². The van der Waals surface area contributed by atoms with E-state index in [4.69, 9.17) is 9.52 Å². The molecule has 0 spiro atoms. The van der Waals surface area contributed by atoms with E-state index >= 15 is 0 Å². The first-order valence-electron chi connectivity index (χ1n) is 6.45. The zero-order valence-corrected chi connectivity index (χ0v) is 11.6. The van der Waals surface area contributed by atoms with Crippen molar-refractivity contribution < 1.29 is 27.9 Å². The summed E-state index contributed by atoms with van der Waals surface area (Å²) in [5, 5.41) is 11.2. The highest BCUT2D eigenvalue weighted by Crippen LogP contribution is 2.15. The number of hydrogen-bond donors (Lipinski definition) is 2. The van der Waals surface area contributed by atoms with Crippen LogP contribution in [0, 0.1) is 11.6 Å². The fraction of sp³-hybridized carbons (Fsp3) is 0.200. The molecule has 0 radical (unpaired) electrons. The molecule has 0 saturated carbocycles. The van der Waals surface area contributed by atoms with Gasteiger partial charge in [-0.1, -0.05) is 6.07 Å². The molecule has 116 valence electrons. The molecule has 22 heavy (non-hydrogen) atoms. The first kappa shape index (κ1) is 15.7. The van der Waals surface area contributed by atoms with Gasteiger partial charge in [-0.05, 0) is 37.6 Å². The maximum absolute atomic E-state index is 13.5. The van der Waals surface area contributed by atoms with Gasteiger partial charge in [0.2, 0.25) is 5.76 Å². The van der Waals surface area contributed by atoms with E-state index in [2.05, 4.69) is 5.32 Å². The number of nitrogens with one attached hydrogen (secondary N) is 1. The summed E-state index contributed by atoms with van der Waals surface area (Å²) in [6, 6.07) is 5.33. The van der Waals surface area contributed by atoms with E-state index < -0.39 is 29.6 Å². The summed E-state index contributed by atoms with van der Waals surface area (Å²) in [6.07, 6.45) is -0.0449. The lowest BCUT2D eigenvalue weighted by atomic mass is 10.1. The van der Waals surface area contributed by atoms with Crippen LogP contribution in [0.2, 0.25) is 0 Å². The van der Waals surface area contributed by atoms with E-state index in [0.29, 0.717) is 0 Å². The fourth-order valence-corrected chi connectivity index (χ4v) is 1.95. The minimum absolute atomic E-state index is 0.0449. The Morgan fingerprint density at radius 1 is 1.18 bits per heavy atom. The van der Waals surface area contributed by atoms with Gasteiger partial charge in [-0.15, -0.1) is 0 Å². The van der Waals surface area contributed by atoms with E-state index in [1.165, 1.54) is 12.1 Å². The molecule has 7 heteroatoms. The highest BCUT2D eigenvalue weighted by molar-refractivity contribution is 5.93. The second kappa shape index (κ2) is 6.38. The van der Waals surface area contributed by atoms with Gasteiger partial charge in [0.15, 0.2) is 5.76 Å². The average Bonchev–Trinajstić information content (AvgIpc) is 2.93. The van der Waals surface area contributed by atoms with Gasteiger partial charge < -0.3 is 14.8 Å². The Labute approximate surface area is 124 Å². The fourth-order valence-electron chi connectivity index (χ4n) is 1.95. The summed E-state index contributed by atoms with van der Waals surface area (Å²) in [7, 11) is 0. The minimum Gasteiger partial charge on any atom is -0.475 e. The van der Waals surface area contributed by atoms with Gasteiger partial charge >= 0.3 is 5.97 Å². The predicted molar refractivity (Wildman–Crippen MR) is 72.7 cm³/mol. The van der Waals surface area contributed by atoms with Crippen LogP contribution in [0.25, 0.3) is 0 Å². The standard InChI is InChI=1S/C15H13F2NO4/c1-8(7-9-10(16)3-2-4-11(9)17)18-14(19)12-5-6-13(22-12)15(20)21/h2-6,8H,7H2,1H3,(H,18,19)(H,20,21)/t8-/m0/s1. The molecule has 0 aliphatic carbocycles. The number of furan rings is 1. The van der Waals surface area contributed by atoms with Gasteiger partial charge in [0.1, 0.15) is 11.6 Å². The van der Waals surface area contributed by atoms with Crippen molar-refractivity contribution >= 4 is 11.9 Å². The summed E-state index contributed by atoms with van der Waals surface area (Å²) in [6.45, 7) is 1.57. The SMILES string of the molecule is C[C@@H](Cc1c(F)cccc1F)NC(=O)c1ccc(C(=O)O)o1. The highest BCUT2D eigenvalue weighted by Gasteiger charge is 2.18. The molecule has 1 amide bonds. The number of carbonyl (C=O) groups is 2. The van der Waals surface area contributed by atoms with Crippen LogP contribution in [0.1, 0.15) is 33.6 Å². The van der Waals surface area contributed by atoms with Crippen molar-refractivity contribution in [1.29, 1.82) is 0 Å². The van der Waals surface area contributed by atoms with E-state index in [0.717, 1.165) is 18.2 Å². The third kappa shape index (κ3) is 3.49. The van der Waals surface area contributed by atoms with Gasteiger partial charge in [-0.25, -0.2) is 13.6 Å². The number of amides is 1. The molecule has 0 bridgehead atoms. The molecular formula is C15H13F2NO4. The summed E-state index contributed by atoms with van der Waals surface area (Å²) in [5.41, 5.74) is -0.124. The largest absolute Gasteiger partial charge is 0.475 e. The lowest BCUT2D eigenvalue weighted by Crippen LogP contribution is -2.34. The van der Waals surface area contributed by atoms with Crippen LogP contribution in [0.3, 0.4) is 0 Å². The van der Waals surface area contributed by atoms with E-state index in [9.17, 15) is 18.4 Å². The Kier molecular flexibility index (Phi) is 4.55. The molecular weight excluding hydrogens is 296 g/mol. The Bertz CT molecular complexity index is 691. The number of rotatable bonds is 5. The smallest absolute Gasteiger partial charge is 0.371 e. The maximum Gasteiger partial charge on any atom is 0.371 e. The molecule has 1 atom stereocenters. The van der Waals surface area contributed by atoms with Crippen LogP contribution < -0.4 is 5.32 Å². The second-order valence-corrected chi connectivity index (χ2v) is 4.75. The Morgan fingerprint density at radius 2 is 1.77 bits per heavy atom. The molecule has 1 aromatic heterocycles. The second-order valence-electron chi connectivity index (χ2n) is 4.75. The van der Waals surface area contributed by atoms with Crippen LogP contribution in [0.15, 0.2) is 34.7 Å². The zero-order chi connectivity index (χ0) is 16.3. The highest BCUT2D eigenvalue weighted by atomic mass is 19.1. The molecule has 0 aliphatic heterocycles. The molecule has 0 unspecified atom stereocenters. The molecule has 1 heterocycles. The van der Waals surface area contributed by atoms with E-state index in [-0.39, 0.29) is 23.5 Å². The summed E-state index contributed by atoms with van der Waals surface area (Å²) in [4.78, 5) is 22.5. The monoisotopic (exact) mass is 309 g/mol. The number of aromatic carboxylic acids is 1. The number of halogens is 2. The van der Waals surface area contributed by atoms with Crippen LogP contribution in [0.5, 0.6) is 0 Å². The van der Waals surface area contributed by atoms with Crippen molar-refractivity contribution in [2.45, 2.75) is 19.4 Å². The quantitative estimate of drug-likeness (QED) is 0.890. The molecule has 2 N–H and O–H groups in total. The van der Waals surface area contributed by atoms with Crippen molar-refractivity contribution in [2.24, 2.45) is 0 Å². The number of carboxylic acid groups (broad SMARTS) is 1. The van der Waals surface area contributed by atoms with Gasteiger partial charge in [0.05, 0.1) is 0 Å². The van der Waals surface area contributed by atoms with Crippen molar-refractivity contribution in [1.82, 2.24) is 5.32 Å². The summed E-state index contributed by atoms with van der Waals surface area (Å²) in [5.74, 6) is -3.87. The molecule has 2 aromatic rings. The lowest BCUT2D eigenvalue weighted by molar-refractivity contribution is 0.0659. The number of carboxylic acids is 1. The average molecular weight is 309 g/mol. The first-order chi connectivity index (χ1) is 10.4. The normalized spacial score (nSPS) is 12.0. The third-order valence-corrected chi connectivity index (χ3v) is 2.99. The minimum atomic E-state index is -1.29. The van der Waals surface area contributed by atoms with Crippen LogP contribution in [0.4, 0.5) is 8.78 Å². The maximum atomic E-state index is 13.5. The number of hydrogen-bond acceptors (Lipinski definition) is 3. The Hall–Kier alpha value is -2.70. The molecule has 0 aliphatic rings. The van der Waals surface area contributed by atoms with E-state index in [1.54, 1.807) is 6.92 Å². The van der Waals surface area contributed by atoms with Crippen molar-refractivity contribution in [3.8, 4) is 0 Å². The zero-order valence-electron chi connectivity index (χ0n) is 11.6. The van der Waals surface area contributed by atoms with Gasteiger partial charge in [0, 0.05) is 11.6 Å². The van der Waals surface area contributed by atoms with Crippen LogP contribution in [-0.2, 0) is 6.42 Å². The summed E-state index contributed by atoms with van der Waals surface area (Å²) < 4.78 is 31.9. The number of benzene rings is 1. The summed E-state index contributed by atoms with van der Waals surface area (Å²) >= 11 is 0. The molecule has 2 rings (SSSR count). The Balaban J connectivity index is 2.03. The molecule has 5 nitrogen and oxygen atoms in total. The van der Waals surface area contributed by atoms with Crippen molar-refractivity contribution in [3.63, 3.8) is 0 Å². The molecule has 1 aromatic carbocycles. The predicted octanol–water partition coefficient (Wildman–Crippen LogP) is 2.62. The Morgan fingerprint density at radius 3 is 2.32 bits per heavy atom. The topological polar surface area (TPSA) is 79.5 Å². The van der Waals surface area contributed by atoms with Crippen molar-refractivity contribution in [3.05, 3.63) is 59.1 Å². The number of carbonyl (C=O) groups excluding carboxylic acids is 1. The van der Waals surface area contributed by atoms with Crippen LogP contribution >= 0.6 is 0 Å². The van der Waals surface area contributed by atoms with E-state index in [1.807, 2.05) is 0 Å².